The number of carbonyl (C=O) groups excluding carboxylic acids is 1. The molecule has 1 aliphatic heterocycles. The molecule has 0 aliphatic carbocycles. The lowest BCUT2D eigenvalue weighted by atomic mass is 10.2. The number of nitrogens with zero attached hydrogens (tertiary/aromatic N) is 2. The minimum Gasteiger partial charge on any atom is -0.497 e. The molecule has 0 radical (unpaired) electrons. The lowest BCUT2D eigenvalue weighted by molar-refractivity contribution is 0.0383. The van der Waals surface area contributed by atoms with E-state index in [0.717, 1.165) is 58.2 Å². The van der Waals surface area contributed by atoms with Crippen molar-refractivity contribution < 1.29 is 14.3 Å². The SMILES string of the molecule is COc1ccc(Cn2c(C(=O)NCCN3CCOCC3)cc3sc(Br)cc32)cc1. The van der Waals surface area contributed by atoms with Gasteiger partial charge in [-0.05, 0) is 45.8 Å². The molecule has 1 aromatic carbocycles. The number of aromatic nitrogens is 1. The molecule has 3 heterocycles. The normalized spacial score (nSPS) is 15.0. The molecule has 29 heavy (non-hydrogen) atoms. The van der Waals surface area contributed by atoms with Crippen LogP contribution in [0.1, 0.15) is 16.1 Å². The van der Waals surface area contributed by atoms with Crippen LogP contribution >= 0.6 is 27.3 Å². The number of hydrogen-bond acceptors (Lipinski definition) is 5. The van der Waals surface area contributed by atoms with Crippen LogP contribution in [0.2, 0.25) is 0 Å². The first-order valence-electron chi connectivity index (χ1n) is 9.64. The Balaban J connectivity index is 1.50. The van der Waals surface area contributed by atoms with Gasteiger partial charge in [0.15, 0.2) is 0 Å². The van der Waals surface area contributed by atoms with Gasteiger partial charge < -0.3 is 19.4 Å². The molecule has 1 saturated heterocycles. The third-order valence-corrected chi connectivity index (χ3v) is 6.68. The first-order chi connectivity index (χ1) is 14.1. The van der Waals surface area contributed by atoms with Gasteiger partial charge in [-0.3, -0.25) is 9.69 Å². The quantitative estimate of drug-likeness (QED) is 0.564. The molecule has 0 spiro atoms. The second kappa shape index (κ2) is 9.30. The minimum atomic E-state index is -0.0358. The third kappa shape index (κ3) is 4.83. The molecule has 4 rings (SSSR count). The second-order valence-corrected chi connectivity index (χ2v) is 9.44. The predicted octanol–water partition coefficient (Wildman–Crippen LogP) is 3.58. The lowest BCUT2D eigenvalue weighted by Gasteiger charge is -2.26. The summed E-state index contributed by atoms with van der Waals surface area (Å²) in [5.41, 5.74) is 2.88. The van der Waals surface area contributed by atoms with E-state index in [1.807, 2.05) is 30.3 Å². The maximum Gasteiger partial charge on any atom is 0.268 e. The van der Waals surface area contributed by atoms with Crippen molar-refractivity contribution in [3.8, 4) is 5.75 Å². The van der Waals surface area contributed by atoms with Gasteiger partial charge in [-0.1, -0.05) is 12.1 Å². The fourth-order valence-electron chi connectivity index (χ4n) is 3.53. The zero-order valence-electron chi connectivity index (χ0n) is 16.3. The van der Waals surface area contributed by atoms with Crippen LogP contribution in [0.5, 0.6) is 5.75 Å². The van der Waals surface area contributed by atoms with Gasteiger partial charge in [0.2, 0.25) is 0 Å². The van der Waals surface area contributed by atoms with Gasteiger partial charge in [0.1, 0.15) is 11.4 Å². The van der Waals surface area contributed by atoms with Crippen molar-refractivity contribution in [2.24, 2.45) is 0 Å². The molecular formula is C21H24BrN3O3S. The summed E-state index contributed by atoms with van der Waals surface area (Å²) >= 11 is 5.20. The number of halogens is 1. The Morgan fingerprint density at radius 3 is 2.72 bits per heavy atom. The standard InChI is InChI=1S/C21H24BrN3O3S/c1-27-16-4-2-15(3-5-16)14-25-17-13-20(22)29-19(17)12-18(25)21(26)23-6-7-24-8-10-28-11-9-24/h2-5,12-13H,6-11,14H2,1H3,(H,23,26). The summed E-state index contributed by atoms with van der Waals surface area (Å²) in [5.74, 6) is 0.789. The van der Waals surface area contributed by atoms with Crippen LogP contribution in [-0.2, 0) is 11.3 Å². The number of hydrogen-bond donors (Lipinski definition) is 1. The second-order valence-electron chi connectivity index (χ2n) is 6.97. The molecule has 1 aliphatic rings. The summed E-state index contributed by atoms with van der Waals surface area (Å²) in [6, 6.07) is 12.0. The van der Waals surface area contributed by atoms with E-state index in [2.05, 4.69) is 36.8 Å². The highest BCUT2D eigenvalue weighted by molar-refractivity contribution is 9.11. The van der Waals surface area contributed by atoms with Gasteiger partial charge >= 0.3 is 0 Å². The smallest absolute Gasteiger partial charge is 0.268 e. The molecule has 154 valence electrons. The van der Waals surface area contributed by atoms with E-state index in [-0.39, 0.29) is 5.91 Å². The number of ether oxygens (including phenoxy) is 2. The van der Waals surface area contributed by atoms with E-state index >= 15 is 0 Å². The summed E-state index contributed by atoms with van der Waals surface area (Å²) in [6.45, 7) is 5.48. The number of amides is 1. The highest BCUT2D eigenvalue weighted by atomic mass is 79.9. The molecule has 1 amide bonds. The number of rotatable bonds is 7. The van der Waals surface area contributed by atoms with E-state index in [1.54, 1.807) is 18.4 Å². The molecule has 0 atom stereocenters. The van der Waals surface area contributed by atoms with Gasteiger partial charge in [0, 0.05) is 32.7 Å². The Morgan fingerprint density at radius 2 is 2.00 bits per heavy atom. The van der Waals surface area contributed by atoms with Crippen LogP contribution in [0.15, 0.2) is 40.2 Å². The van der Waals surface area contributed by atoms with Crippen LogP contribution in [0.3, 0.4) is 0 Å². The van der Waals surface area contributed by atoms with E-state index in [4.69, 9.17) is 9.47 Å². The Hall–Kier alpha value is -1.87. The Bertz CT molecular complexity index is 977. The van der Waals surface area contributed by atoms with Crippen molar-refractivity contribution >= 4 is 43.4 Å². The van der Waals surface area contributed by atoms with E-state index in [1.165, 1.54) is 0 Å². The molecule has 3 aromatic rings. The van der Waals surface area contributed by atoms with E-state index < -0.39 is 0 Å². The lowest BCUT2D eigenvalue weighted by Crippen LogP contribution is -2.41. The minimum absolute atomic E-state index is 0.0358. The molecule has 8 heteroatoms. The van der Waals surface area contributed by atoms with Gasteiger partial charge in [-0.25, -0.2) is 0 Å². The number of nitrogens with one attached hydrogen (secondary N) is 1. The van der Waals surface area contributed by atoms with Crippen LogP contribution in [0.25, 0.3) is 10.2 Å². The Kier molecular flexibility index (Phi) is 6.54. The van der Waals surface area contributed by atoms with Gasteiger partial charge in [-0.15, -0.1) is 11.3 Å². The van der Waals surface area contributed by atoms with Crippen LogP contribution < -0.4 is 10.1 Å². The number of carbonyl (C=O) groups is 1. The molecule has 1 N–H and O–H groups in total. The molecular weight excluding hydrogens is 454 g/mol. The number of methoxy groups -OCH3 is 1. The monoisotopic (exact) mass is 477 g/mol. The summed E-state index contributed by atoms with van der Waals surface area (Å²) in [7, 11) is 1.66. The van der Waals surface area contributed by atoms with Crippen LogP contribution in [0.4, 0.5) is 0 Å². The van der Waals surface area contributed by atoms with E-state index in [9.17, 15) is 4.79 Å². The zero-order valence-corrected chi connectivity index (χ0v) is 18.7. The maximum absolute atomic E-state index is 12.9. The fourth-order valence-corrected chi connectivity index (χ4v) is 5.09. The van der Waals surface area contributed by atoms with Crippen molar-refractivity contribution in [3.63, 3.8) is 0 Å². The van der Waals surface area contributed by atoms with Crippen molar-refractivity contribution in [2.75, 3.05) is 46.5 Å². The third-order valence-electron chi connectivity index (χ3n) is 5.11. The first-order valence-corrected chi connectivity index (χ1v) is 11.2. The average molecular weight is 478 g/mol. The van der Waals surface area contributed by atoms with Crippen molar-refractivity contribution in [3.05, 3.63) is 51.4 Å². The van der Waals surface area contributed by atoms with Crippen LogP contribution in [0, 0.1) is 0 Å². The predicted molar refractivity (Wildman–Crippen MR) is 119 cm³/mol. The van der Waals surface area contributed by atoms with E-state index in [0.29, 0.717) is 18.8 Å². The van der Waals surface area contributed by atoms with Gasteiger partial charge in [0.05, 0.1) is 34.3 Å². The summed E-state index contributed by atoms with van der Waals surface area (Å²) < 4.78 is 14.9. The average Bonchev–Trinajstić information content (AvgIpc) is 3.26. The number of benzene rings is 1. The van der Waals surface area contributed by atoms with Crippen LogP contribution in [-0.4, -0.2) is 61.9 Å². The highest BCUT2D eigenvalue weighted by Gasteiger charge is 2.18. The summed E-state index contributed by atoms with van der Waals surface area (Å²) in [5, 5.41) is 3.09. The van der Waals surface area contributed by atoms with Crippen molar-refractivity contribution in [1.29, 1.82) is 0 Å². The van der Waals surface area contributed by atoms with Gasteiger partial charge in [-0.2, -0.15) is 0 Å². The number of morpholine rings is 1. The fraction of sp³-hybridized carbons (Fsp3) is 0.381. The number of thiophene rings is 1. The molecule has 6 nitrogen and oxygen atoms in total. The van der Waals surface area contributed by atoms with Crippen molar-refractivity contribution in [2.45, 2.75) is 6.54 Å². The molecule has 2 aromatic heterocycles. The molecule has 0 unspecified atom stereocenters. The first kappa shape index (κ1) is 20.4. The van der Waals surface area contributed by atoms with Gasteiger partial charge in [0.25, 0.3) is 5.91 Å². The summed E-state index contributed by atoms with van der Waals surface area (Å²) in [4.78, 5) is 15.3. The zero-order chi connectivity index (χ0) is 20.2. The Morgan fingerprint density at radius 1 is 1.24 bits per heavy atom. The largest absolute Gasteiger partial charge is 0.497 e. The Labute approximate surface area is 182 Å². The number of fused-ring (bicyclic) bond motifs is 1. The summed E-state index contributed by atoms with van der Waals surface area (Å²) in [6.07, 6.45) is 0. The van der Waals surface area contributed by atoms with Crippen molar-refractivity contribution in [1.82, 2.24) is 14.8 Å². The molecule has 1 fully saturated rings. The molecule has 0 saturated carbocycles. The highest BCUT2D eigenvalue weighted by Crippen LogP contribution is 2.33. The maximum atomic E-state index is 12.9. The molecule has 0 bridgehead atoms. The topological polar surface area (TPSA) is 55.7 Å².